The number of methoxy groups -OCH3 is 1. The molecular weight excluding hydrogens is 326 g/mol. The van der Waals surface area contributed by atoms with Crippen LogP contribution >= 0.6 is 11.6 Å². The van der Waals surface area contributed by atoms with E-state index in [4.69, 9.17) is 16.3 Å². The van der Waals surface area contributed by atoms with Crippen LogP contribution in [0.4, 0.5) is 0 Å². The average Bonchev–Trinajstić information content (AvgIpc) is 3.10. The van der Waals surface area contributed by atoms with Crippen molar-refractivity contribution in [2.45, 2.75) is 32.2 Å². The predicted octanol–water partition coefficient (Wildman–Crippen LogP) is 3.58. The number of likely N-dealkylation sites (tertiary alicyclic amines) is 1. The van der Waals surface area contributed by atoms with Crippen molar-refractivity contribution >= 4 is 17.5 Å². The number of piperidine rings is 1. The summed E-state index contributed by atoms with van der Waals surface area (Å²) in [6, 6.07) is 5.42. The Balaban J connectivity index is 1.82. The van der Waals surface area contributed by atoms with Crippen LogP contribution in [0.2, 0.25) is 5.02 Å². The van der Waals surface area contributed by atoms with E-state index in [1.165, 1.54) is 0 Å². The number of amides is 1. The molecule has 3 rings (SSSR count). The summed E-state index contributed by atoms with van der Waals surface area (Å²) < 4.78 is 7.53. The summed E-state index contributed by atoms with van der Waals surface area (Å²) >= 11 is 6.07. The van der Waals surface area contributed by atoms with E-state index >= 15 is 0 Å². The van der Waals surface area contributed by atoms with Crippen molar-refractivity contribution in [1.82, 2.24) is 14.5 Å². The molecule has 1 saturated heterocycles. The van der Waals surface area contributed by atoms with E-state index in [2.05, 4.69) is 16.5 Å². The number of benzene rings is 1. The second-order valence-electron chi connectivity index (χ2n) is 6.00. The van der Waals surface area contributed by atoms with Crippen LogP contribution in [0.1, 0.15) is 42.0 Å². The second kappa shape index (κ2) is 7.26. The summed E-state index contributed by atoms with van der Waals surface area (Å²) in [6.07, 6.45) is 6.76. The molecular formula is C18H22ClN3O2. The number of aryl methyl sites for hydroxylation is 1. The molecule has 1 aliphatic rings. The third kappa shape index (κ3) is 3.26. The molecule has 0 N–H and O–H groups in total. The number of carbonyl (C=O) groups excluding carboxylic acids is 1. The summed E-state index contributed by atoms with van der Waals surface area (Å²) in [7, 11) is 1.57. The number of hydrogen-bond acceptors (Lipinski definition) is 3. The van der Waals surface area contributed by atoms with Crippen molar-refractivity contribution in [2.75, 3.05) is 20.2 Å². The van der Waals surface area contributed by atoms with Gasteiger partial charge in [0, 0.05) is 36.9 Å². The lowest BCUT2D eigenvalue weighted by Crippen LogP contribution is -2.41. The third-order valence-electron chi connectivity index (χ3n) is 4.53. The maximum absolute atomic E-state index is 13.0. The predicted molar refractivity (Wildman–Crippen MR) is 93.8 cm³/mol. The van der Waals surface area contributed by atoms with Crippen LogP contribution in [-0.4, -0.2) is 40.6 Å². The van der Waals surface area contributed by atoms with Crippen LogP contribution < -0.4 is 4.74 Å². The van der Waals surface area contributed by atoms with E-state index in [-0.39, 0.29) is 11.9 Å². The van der Waals surface area contributed by atoms with E-state index in [1.807, 2.05) is 17.3 Å². The van der Waals surface area contributed by atoms with Gasteiger partial charge in [0.15, 0.2) is 0 Å². The fourth-order valence-corrected chi connectivity index (χ4v) is 3.51. The second-order valence-corrected chi connectivity index (χ2v) is 6.43. The molecule has 0 radical (unpaired) electrons. The Labute approximate surface area is 147 Å². The van der Waals surface area contributed by atoms with E-state index < -0.39 is 0 Å². The monoisotopic (exact) mass is 347 g/mol. The largest absolute Gasteiger partial charge is 0.496 e. The van der Waals surface area contributed by atoms with Gasteiger partial charge in [-0.15, -0.1) is 0 Å². The fourth-order valence-electron chi connectivity index (χ4n) is 3.33. The Morgan fingerprint density at radius 3 is 3.04 bits per heavy atom. The first-order chi connectivity index (χ1) is 11.6. The van der Waals surface area contributed by atoms with Gasteiger partial charge in [-0.25, -0.2) is 4.98 Å². The Kier molecular flexibility index (Phi) is 5.09. The molecule has 1 aromatic heterocycles. The minimum atomic E-state index is -0.0304. The fraction of sp³-hybridized carbons (Fsp3) is 0.444. The van der Waals surface area contributed by atoms with Gasteiger partial charge in [0.2, 0.25) is 0 Å². The van der Waals surface area contributed by atoms with Gasteiger partial charge in [-0.3, -0.25) is 4.79 Å². The molecule has 0 unspecified atom stereocenters. The summed E-state index contributed by atoms with van der Waals surface area (Å²) in [6.45, 7) is 3.53. The third-order valence-corrected chi connectivity index (χ3v) is 4.77. The first-order valence-electron chi connectivity index (χ1n) is 8.28. The lowest BCUT2D eigenvalue weighted by Gasteiger charge is -2.34. The number of carbonyl (C=O) groups is 1. The van der Waals surface area contributed by atoms with Crippen molar-refractivity contribution in [3.63, 3.8) is 0 Å². The highest BCUT2D eigenvalue weighted by Crippen LogP contribution is 2.28. The van der Waals surface area contributed by atoms with E-state index in [1.54, 1.807) is 25.3 Å². The van der Waals surface area contributed by atoms with Crippen molar-refractivity contribution in [2.24, 2.45) is 0 Å². The molecule has 0 aliphatic carbocycles. The highest BCUT2D eigenvalue weighted by Gasteiger charge is 2.28. The van der Waals surface area contributed by atoms with Gasteiger partial charge in [0.25, 0.3) is 5.91 Å². The molecule has 2 heterocycles. The molecule has 24 heavy (non-hydrogen) atoms. The summed E-state index contributed by atoms with van der Waals surface area (Å²) in [5.74, 6) is 1.59. The zero-order valence-electron chi connectivity index (χ0n) is 14.0. The first-order valence-corrected chi connectivity index (χ1v) is 8.66. The van der Waals surface area contributed by atoms with Gasteiger partial charge < -0.3 is 14.2 Å². The summed E-state index contributed by atoms with van der Waals surface area (Å²) in [5, 5.41) is 0.538. The summed E-state index contributed by atoms with van der Waals surface area (Å²) in [4.78, 5) is 19.3. The first kappa shape index (κ1) is 16.8. The van der Waals surface area contributed by atoms with Crippen molar-refractivity contribution < 1.29 is 9.53 Å². The van der Waals surface area contributed by atoms with Gasteiger partial charge in [0.05, 0.1) is 18.7 Å². The Bertz CT molecular complexity index is 729. The maximum atomic E-state index is 13.0. The smallest absolute Gasteiger partial charge is 0.257 e. The zero-order chi connectivity index (χ0) is 17.1. The van der Waals surface area contributed by atoms with Crippen LogP contribution in [0.25, 0.3) is 0 Å². The normalized spacial score (nSPS) is 17.8. The zero-order valence-corrected chi connectivity index (χ0v) is 14.8. The molecule has 1 aliphatic heterocycles. The molecule has 1 atom stereocenters. The molecule has 0 saturated carbocycles. The maximum Gasteiger partial charge on any atom is 0.257 e. The van der Waals surface area contributed by atoms with Crippen molar-refractivity contribution in [3.8, 4) is 5.75 Å². The molecule has 1 amide bonds. The minimum Gasteiger partial charge on any atom is -0.496 e. The van der Waals surface area contributed by atoms with Crippen LogP contribution in [-0.2, 0) is 6.42 Å². The van der Waals surface area contributed by atoms with E-state index in [9.17, 15) is 4.79 Å². The number of hydrogen-bond donors (Lipinski definition) is 0. The molecule has 128 valence electrons. The Morgan fingerprint density at radius 2 is 2.29 bits per heavy atom. The standard InChI is InChI=1S/C18H22ClN3O2/c1-3-17-20-8-10-22(17)14-5-4-9-21(12-14)18(23)15-11-13(19)6-7-16(15)24-2/h6-8,10-11,14H,3-5,9,12H2,1-2H3/t14-/m0/s1. The van der Waals surface area contributed by atoms with Crippen LogP contribution in [0.15, 0.2) is 30.6 Å². The molecule has 0 bridgehead atoms. The quantitative estimate of drug-likeness (QED) is 0.849. The Morgan fingerprint density at radius 1 is 1.46 bits per heavy atom. The number of rotatable bonds is 4. The number of ether oxygens (including phenoxy) is 1. The van der Waals surface area contributed by atoms with Crippen LogP contribution in [0.3, 0.4) is 0 Å². The van der Waals surface area contributed by atoms with Gasteiger partial charge in [-0.05, 0) is 31.0 Å². The lowest BCUT2D eigenvalue weighted by molar-refractivity contribution is 0.0674. The van der Waals surface area contributed by atoms with Crippen molar-refractivity contribution in [1.29, 1.82) is 0 Å². The lowest BCUT2D eigenvalue weighted by atomic mass is 10.0. The highest BCUT2D eigenvalue weighted by molar-refractivity contribution is 6.31. The molecule has 5 nitrogen and oxygen atoms in total. The van der Waals surface area contributed by atoms with Gasteiger partial charge in [0.1, 0.15) is 11.6 Å². The van der Waals surface area contributed by atoms with E-state index in [0.717, 1.165) is 31.6 Å². The number of imidazole rings is 1. The Hall–Kier alpha value is -2.01. The topological polar surface area (TPSA) is 47.4 Å². The van der Waals surface area contributed by atoms with Gasteiger partial charge in [-0.2, -0.15) is 0 Å². The number of aromatic nitrogens is 2. The molecule has 1 aromatic carbocycles. The summed E-state index contributed by atoms with van der Waals surface area (Å²) in [5.41, 5.74) is 0.520. The molecule has 2 aromatic rings. The van der Waals surface area contributed by atoms with Crippen LogP contribution in [0, 0.1) is 0 Å². The van der Waals surface area contributed by atoms with Gasteiger partial charge >= 0.3 is 0 Å². The average molecular weight is 348 g/mol. The highest BCUT2D eigenvalue weighted by atomic mass is 35.5. The van der Waals surface area contributed by atoms with Crippen molar-refractivity contribution in [3.05, 3.63) is 47.0 Å². The minimum absolute atomic E-state index is 0.0304. The van der Waals surface area contributed by atoms with Gasteiger partial charge in [-0.1, -0.05) is 18.5 Å². The molecule has 0 spiro atoms. The molecule has 6 heteroatoms. The number of nitrogens with zero attached hydrogens (tertiary/aromatic N) is 3. The van der Waals surface area contributed by atoms with E-state index in [0.29, 0.717) is 22.9 Å². The SMILES string of the molecule is CCc1nccn1[C@H]1CCCN(C(=O)c2cc(Cl)ccc2OC)C1. The number of halogens is 1. The molecule has 1 fully saturated rings. The van der Waals surface area contributed by atoms with Crippen LogP contribution in [0.5, 0.6) is 5.75 Å².